The van der Waals surface area contributed by atoms with Gasteiger partial charge in [-0.05, 0) is 95.7 Å². The first-order valence-electron chi connectivity index (χ1n) is 13.9. The summed E-state index contributed by atoms with van der Waals surface area (Å²) in [4.78, 5) is 46.4. The molecule has 4 aromatic carbocycles. The standard InChI is InChI=1S/C19H14Br2O3.C17H10Cl2O3/c1-11-8-16-14(6-7-15(18(23)10-21)19(16)24-11)12-2-4-13(5-3-12)17(22)9-20;1-9-8-14-12(6-7-13(17(19)21)15(14)22-9)10-2-4-11(5-3-10)16(18)20/h2-8H,9-10H2,1H3;2-8H,1H3. The molecule has 6 aromatic rings. The highest BCUT2D eigenvalue weighted by Gasteiger charge is 2.18. The van der Waals surface area contributed by atoms with Crippen LogP contribution in [0, 0.1) is 13.8 Å². The Hall–Kier alpha value is -3.82. The van der Waals surface area contributed by atoms with Crippen molar-refractivity contribution in [2.45, 2.75) is 13.8 Å². The van der Waals surface area contributed by atoms with Crippen LogP contribution in [-0.2, 0) is 0 Å². The van der Waals surface area contributed by atoms with Crippen LogP contribution in [0.15, 0.2) is 93.8 Å². The minimum atomic E-state index is -0.561. The molecule has 46 heavy (non-hydrogen) atoms. The lowest BCUT2D eigenvalue weighted by molar-refractivity contribution is 0.101. The van der Waals surface area contributed by atoms with Gasteiger partial charge in [-0.3, -0.25) is 19.2 Å². The number of carbonyl (C=O) groups excluding carboxylic acids is 4. The highest BCUT2D eigenvalue weighted by molar-refractivity contribution is 9.09. The van der Waals surface area contributed by atoms with E-state index in [4.69, 9.17) is 32.0 Å². The number of ketones is 2. The highest BCUT2D eigenvalue weighted by Crippen LogP contribution is 2.35. The molecule has 0 fully saturated rings. The Bertz CT molecular complexity index is 2130. The lowest BCUT2D eigenvalue weighted by atomic mass is 9.97. The van der Waals surface area contributed by atoms with Crippen LogP contribution in [0.4, 0.5) is 0 Å². The number of benzene rings is 4. The van der Waals surface area contributed by atoms with E-state index in [-0.39, 0.29) is 16.9 Å². The third-order valence-corrected chi connectivity index (χ3v) is 8.75. The Kier molecular flexibility index (Phi) is 10.4. The Morgan fingerprint density at radius 3 is 1.43 bits per heavy atom. The van der Waals surface area contributed by atoms with Gasteiger partial charge in [0.2, 0.25) is 0 Å². The lowest BCUT2D eigenvalue weighted by Gasteiger charge is -2.07. The first-order valence-corrected chi connectivity index (χ1v) is 16.9. The van der Waals surface area contributed by atoms with Crippen molar-refractivity contribution in [1.29, 1.82) is 0 Å². The molecule has 6 rings (SSSR count). The largest absolute Gasteiger partial charge is 0.461 e. The number of halogens is 4. The van der Waals surface area contributed by atoms with Crippen LogP contribution >= 0.6 is 55.1 Å². The Morgan fingerprint density at radius 1 is 0.565 bits per heavy atom. The van der Waals surface area contributed by atoms with Gasteiger partial charge in [-0.25, -0.2) is 0 Å². The summed E-state index contributed by atoms with van der Waals surface area (Å²) in [5, 5.41) is 1.20. The molecule has 2 heterocycles. The molecule has 6 nitrogen and oxygen atoms in total. The Balaban J connectivity index is 0.000000182. The quantitative estimate of drug-likeness (QED) is 0.0867. The molecule has 0 aliphatic rings. The van der Waals surface area contributed by atoms with Crippen molar-refractivity contribution in [2.24, 2.45) is 0 Å². The van der Waals surface area contributed by atoms with Gasteiger partial charge in [0.15, 0.2) is 11.6 Å². The second-order valence-electron chi connectivity index (χ2n) is 10.3. The van der Waals surface area contributed by atoms with Crippen molar-refractivity contribution in [1.82, 2.24) is 0 Å². The monoisotopic (exact) mass is 780 g/mol. The van der Waals surface area contributed by atoms with Crippen LogP contribution in [-0.4, -0.2) is 32.7 Å². The summed E-state index contributed by atoms with van der Waals surface area (Å²) in [5.74, 6) is 1.48. The van der Waals surface area contributed by atoms with E-state index in [0.29, 0.717) is 44.5 Å². The molecule has 0 saturated carbocycles. The average molecular weight is 783 g/mol. The molecule has 232 valence electrons. The van der Waals surface area contributed by atoms with Crippen molar-refractivity contribution in [3.05, 3.63) is 119 Å². The van der Waals surface area contributed by atoms with Gasteiger partial charge >= 0.3 is 0 Å². The molecule has 0 bridgehead atoms. The summed E-state index contributed by atoms with van der Waals surface area (Å²) >= 11 is 17.4. The molecule has 0 saturated heterocycles. The maximum atomic E-state index is 12.1. The van der Waals surface area contributed by atoms with E-state index >= 15 is 0 Å². The maximum absolute atomic E-state index is 12.1. The number of fused-ring (bicyclic) bond motifs is 2. The number of aryl methyl sites for hydroxylation is 2. The fraction of sp³-hybridized carbons (Fsp3) is 0.111. The van der Waals surface area contributed by atoms with Crippen LogP contribution in [0.2, 0.25) is 0 Å². The first kappa shape index (κ1) is 33.5. The van der Waals surface area contributed by atoms with E-state index in [1.54, 1.807) is 36.4 Å². The zero-order valence-corrected chi connectivity index (χ0v) is 29.1. The van der Waals surface area contributed by atoms with Crippen LogP contribution in [0.3, 0.4) is 0 Å². The molecule has 0 radical (unpaired) electrons. The molecule has 0 spiro atoms. The summed E-state index contributed by atoms with van der Waals surface area (Å²) in [6.07, 6.45) is 0. The minimum Gasteiger partial charge on any atom is -0.461 e. The molecule has 0 amide bonds. The number of furan rings is 2. The molecule has 0 N–H and O–H groups in total. The number of hydrogen-bond donors (Lipinski definition) is 0. The number of alkyl halides is 2. The molecule has 0 aliphatic carbocycles. The first-order chi connectivity index (χ1) is 22.0. The van der Waals surface area contributed by atoms with Gasteiger partial charge < -0.3 is 8.83 Å². The fourth-order valence-corrected chi connectivity index (χ4v) is 6.04. The molecular weight excluding hydrogens is 759 g/mol. The third kappa shape index (κ3) is 6.95. The fourth-order valence-electron chi connectivity index (χ4n) is 5.14. The minimum absolute atomic E-state index is 0.0147. The van der Waals surface area contributed by atoms with E-state index in [1.165, 1.54) is 0 Å². The van der Waals surface area contributed by atoms with Crippen LogP contribution in [0.5, 0.6) is 0 Å². The Labute approximate surface area is 290 Å². The summed E-state index contributed by atoms with van der Waals surface area (Å²) in [6.45, 7) is 3.67. The van der Waals surface area contributed by atoms with Gasteiger partial charge in [0.05, 0.1) is 21.8 Å². The molecule has 10 heteroatoms. The predicted molar refractivity (Wildman–Crippen MR) is 189 cm³/mol. The van der Waals surface area contributed by atoms with Crippen molar-refractivity contribution < 1.29 is 28.0 Å². The Morgan fingerprint density at radius 2 is 1.00 bits per heavy atom. The van der Waals surface area contributed by atoms with E-state index in [0.717, 1.165) is 38.8 Å². The molecular formula is C36H24Br2Cl2O6. The topological polar surface area (TPSA) is 94.6 Å². The smallest absolute Gasteiger partial charge is 0.256 e. The average Bonchev–Trinajstić information content (AvgIpc) is 3.65. The van der Waals surface area contributed by atoms with Crippen molar-refractivity contribution in [3.8, 4) is 22.3 Å². The number of carbonyl (C=O) groups is 4. The maximum Gasteiger partial charge on any atom is 0.256 e. The van der Waals surface area contributed by atoms with Crippen molar-refractivity contribution in [3.63, 3.8) is 0 Å². The predicted octanol–water partition coefficient (Wildman–Crippen LogP) is 10.7. The van der Waals surface area contributed by atoms with Gasteiger partial charge in [-0.2, -0.15) is 0 Å². The molecule has 2 aromatic heterocycles. The van der Waals surface area contributed by atoms with Crippen LogP contribution in [0.1, 0.15) is 53.0 Å². The summed E-state index contributed by atoms with van der Waals surface area (Å²) in [5.41, 5.74) is 6.81. The third-order valence-electron chi connectivity index (χ3n) is 7.31. The zero-order valence-electron chi connectivity index (χ0n) is 24.5. The van der Waals surface area contributed by atoms with Gasteiger partial charge in [-0.15, -0.1) is 0 Å². The van der Waals surface area contributed by atoms with E-state index in [2.05, 4.69) is 31.9 Å². The summed E-state index contributed by atoms with van der Waals surface area (Å²) in [6, 6.07) is 25.3. The zero-order chi connectivity index (χ0) is 33.1. The number of Topliss-reactive ketones (excluding diaryl/α,β-unsaturated/α-hetero) is 2. The number of hydrogen-bond acceptors (Lipinski definition) is 6. The van der Waals surface area contributed by atoms with Crippen LogP contribution in [0.25, 0.3) is 44.2 Å². The number of rotatable bonds is 8. The summed E-state index contributed by atoms with van der Waals surface area (Å²) in [7, 11) is 0. The van der Waals surface area contributed by atoms with Gasteiger partial charge in [0, 0.05) is 21.9 Å². The van der Waals surface area contributed by atoms with E-state index in [9.17, 15) is 19.2 Å². The molecule has 0 atom stereocenters. The van der Waals surface area contributed by atoms with Gasteiger partial charge in [0.25, 0.3) is 10.5 Å². The second-order valence-corrected chi connectivity index (χ2v) is 12.1. The van der Waals surface area contributed by atoms with Crippen molar-refractivity contribution >= 4 is 99.1 Å². The van der Waals surface area contributed by atoms with Crippen LogP contribution < -0.4 is 0 Å². The lowest BCUT2D eigenvalue weighted by Crippen LogP contribution is -2.01. The van der Waals surface area contributed by atoms with Gasteiger partial charge in [0.1, 0.15) is 22.7 Å². The normalized spacial score (nSPS) is 10.9. The SMILES string of the molecule is Cc1cc2c(-c3ccc(C(=O)CBr)cc3)ccc(C(=O)CBr)c2o1.Cc1cc2c(-c3ccc(C(=O)Cl)cc3)ccc(C(=O)Cl)c2o1. The van der Waals surface area contributed by atoms with E-state index < -0.39 is 10.5 Å². The molecule has 0 aliphatic heterocycles. The highest BCUT2D eigenvalue weighted by atomic mass is 79.9. The second kappa shape index (κ2) is 14.3. The molecule has 0 unspecified atom stereocenters. The van der Waals surface area contributed by atoms with E-state index in [1.807, 2.05) is 62.4 Å². The van der Waals surface area contributed by atoms with Gasteiger partial charge in [-0.1, -0.05) is 80.4 Å². The van der Waals surface area contributed by atoms with Crippen molar-refractivity contribution in [2.75, 3.05) is 10.7 Å². The summed E-state index contributed by atoms with van der Waals surface area (Å²) < 4.78 is 11.4.